The van der Waals surface area contributed by atoms with Crippen LogP contribution in [0.15, 0.2) is 44.7 Å². The summed E-state index contributed by atoms with van der Waals surface area (Å²) in [5, 5.41) is 7.74. The highest BCUT2D eigenvalue weighted by Crippen LogP contribution is 2.36. The van der Waals surface area contributed by atoms with E-state index in [0.717, 1.165) is 30.1 Å². The van der Waals surface area contributed by atoms with Crippen LogP contribution in [0.3, 0.4) is 0 Å². The zero-order chi connectivity index (χ0) is 25.1. The molecule has 36 heavy (non-hydrogen) atoms. The van der Waals surface area contributed by atoms with E-state index in [-0.39, 0.29) is 22.0 Å². The van der Waals surface area contributed by atoms with E-state index in [1.165, 1.54) is 23.5 Å². The molecule has 12 heteroatoms. The van der Waals surface area contributed by atoms with Crippen molar-refractivity contribution in [1.82, 2.24) is 9.88 Å². The summed E-state index contributed by atoms with van der Waals surface area (Å²) in [5.74, 6) is -0.461. The van der Waals surface area contributed by atoms with E-state index in [4.69, 9.17) is 9.57 Å². The molecule has 1 amide bonds. The van der Waals surface area contributed by atoms with Crippen molar-refractivity contribution in [2.45, 2.75) is 57.8 Å². The Hall–Kier alpha value is -1.99. The summed E-state index contributed by atoms with van der Waals surface area (Å²) < 4.78 is 31.5. The summed E-state index contributed by atoms with van der Waals surface area (Å²) >= 11 is 3.25. The first kappa shape index (κ1) is 25.7. The zero-order valence-electron chi connectivity index (χ0n) is 20.1. The number of nitrogens with one attached hydrogen (secondary N) is 1. The maximum atomic E-state index is 13.2. The molecule has 1 aromatic carbocycles. The Morgan fingerprint density at radius 1 is 1.19 bits per heavy atom. The fourth-order valence-corrected chi connectivity index (χ4v) is 8.04. The van der Waals surface area contributed by atoms with Crippen molar-refractivity contribution >= 4 is 49.7 Å². The number of rotatable bonds is 9. The van der Waals surface area contributed by atoms with Gasteiger partial charge in [0.15, 0.2) is 26.8 Å². The Bertz CT molecular complexity index is 1200. The smallest absolute Gasteiger partial charge is 0.280 e. The lowest BCUT2D eigenvalue weighted by Gasteiger charge is -2.27. The van der Waals surface area contributed by atoms with E-state index in [1.54, 1.807) is 18.3 Å². The molecule has 0 radical (unpaired) electrons. The van der Waals surface area contributed by atoms with Crippen LogP contribution < -0.4 is 5.32 Å². The molecular formula is C24H30N4O5S3. The van der Waals surface area contributed by atoms with Crippen LogP contribution in [0, 0.1) is 0 Å². The van der Waals surface area contributed by atoms with Crippen LogP contribution in [0.2, 0.25) is 0 Å². The molecule has 1 saturated carbocycles. The average molecular weight is 551 g/mol. The van der Waals surface area contributed by atoms with E-state index >= 15 is 0 Å². The number of hydrogen-bond donors (Lipinski definition) is 1. The van der Waals surface area contributed by atoms with Gasteiger partial charge in [0.25, 0.3) is 5.91 Å². The summed E-state index contributed by atoms with van der Waals surface area (Å²) in [6.45, 7) is 3.19. The fourth-order valence-electron chi connectivity index (χ4n) is 4.12. The highest BCUT2D eigenvalue weighted by molar-refractivity contribution is 8.01. The fraction of sp³-hybridized carbons (Fsp3) is 0.542. The number of aromatic nitrogens is 1. The third-order valence-electron chi connectivity index (χ3n) is 6.47. The minimum absolute atomic E-state index is 0.0667. The monoisotopic (exact) mass is 550 g/mol. The number of piperidine rings is 1. The number of sulfone groups is 1. The molecule has 0 unspecified atom stereocenters. The lowest BCUT2D eigenvalue weighted by atomic mass is 10.1. The summed E-state index contributed by atoms with van der Waals surface area (Å²) in [4.78, 5) is 25.8. The molecule has 5 rings (SSSR count). The standard InChI is InChI=1S/C24H30N4O5S3/c1-28-11-8-18(9-12-28)34-21-14-25-24(35-21)26-23(29)22(27-33-17-10-13-32-15-17)16-2-4-19(5-3-16)36(30,31)20-6-7-20/h2-5,14,17-18,20H,6-13,15H2,1H3,(H,25,26,29)/b27-22+/t17-/m1/s1. The average Bonchev–Trinajstić information content (AvgIpc) is 3.46. The number of carbonyl (C=O) groups excluding carboxylic acids is 1. The van der Waals surface area contributed by atoms with Crippen molar-refractivity contribution in [2.75, 3.05) is 38.7 Å². The number of nitrogens with zero attached hydrogens (tertiary/aromatic N) is 3. The molecule has 3 aliphatic rings. The molecule has 194 valence electrons. The second kappa shape index (κ2) is 11.2. The van der Waals surface area contributed by atoms with Crippen molar-refractivity contribution in [2.24, 2.45) is 5.16 Å². The van der Waals surface area contributed by atoms with Crippen molar-refractivity contribution in [3.8, 4) is 0 Å². The van der Waals surface area contributed by atoms with Gasteiger partial charge in [-0.15, -0.1) is 11.8 Å². The number of benzene rings is 1. The van der Waals surface area contributed by atoms with Gasteiger partial charge in [0.1, 0.15) is 0 Å². The van der Waals surface area contributed by atoms with Crippen LogP contribution in [-0.2, 0) is 24.2 Å². The third kappa shape index (κ3) is 6.28. The van der Waals surface area contributed by atoms with Gasteiger partial charge < -0.3 is 14.5 Å². The molecule has 2 saturated heterocycles. The van der Waals surface area contributed by atoms with Crippen molar-refractivity contribution < 1.29 is 22.8 Å². The SMILES string of the molecule is CN1CCC(Sc2cnc(NC(=O)/C(=N/O[C@@H]3CCOC3)c3ccc(S(=O)(=O)C4CC4)cc3)s2)CC1. The molecule has 1 atom stereocenters. The van der Waals surface area contributed by atoms with Crippen molar-refractivity contribution in [1.29, 1.82) is 0 Å². The highest BCUT2D eigenvalue weighted by Gasteiger charge is 2.37. The van der Waals surface area contributed by atoms with Crippen LogP contribution in [0.4, 0.5) is 5.13 Å². The van der Waals surface area contributed by atoms with Crippen molar-refractivity contribution in [3.05, 3.63) is 36.0 Å². The molecular weight excluding hydrogens is 520 g/mol. The molecule has 1 aliphatic carbocycles. The Kier molecular flexibility index (Phi) is 7.96. The molecule has 0 bridgehead atoms. The molecule has 1 aromatic heterocycles. The molecule has 3 heterocycles. The Morgan fingerprint density at radius 2 is 1.94 bits per heavy atom. The molecule has 0 spiro atoms. The van der Waals surface area contributed by atoms with Gasteiger partial charge in [0.2, 0.25) is 0 Å². The largest absolute Gasteiger partial charge is 0.389 e. The molecule has 9 nitrogen and oxygen atoms in total. The van der Waals surface area contributed by atoms with Gasteiger partial charge in [-0.05, 0) is 58.0 Å². The van der Waals surface area contributed by atoms with E-state index in [2.05, 4.69) is 27.4 Å². The second-order valence-corrected chi connectivity index (χ2v) is 14.2. The zero-order valence-corrected chi connectivity index (χ0v) is 22.5. The molecule has 3 fully saturated rings. The number of oxime groups is 1. The Morgan fingerprint density at radius 3 is 2.61 bits per heavy atom. The number of hydrogen-bond acceptors (Lipinski definition) is 10. The number of amides is 1. The predicted molar refractivity (Wildman–Crippen MR) is 141 cm³/mol. The first-order chi connectivity index (χ1) is 17.4. The number of anilines is 1. The first-order valence-electron chi connectivity index (χ1n) is 12.2. The van der Waals surface area contributed by atoms with Gasteiger partial charge in [-0.1, -0.05) is 28.6 Å². The van der Waals surface area contributed by atoms with Crippen LogP contribution in [-0.4, -0.2) is 79.9 Å². The van der Waals surface area contributed by atoms with Gasteiger partial charge in [-0.3, -0.25) is 10.1 Å². The quantitative estimate of drug-likeness (QED) is 0.374. The summed E-state index contributed by atoms with van der Waals surface area (Å²) in [5.41, 5.74) is 0.538. The molecule has 1 N–H and O–H groups in total. The highest BCUT2D eigenvalue weighted by atomic mass is 32.2. The Balaban J connectivity index is 1.29. The Labute approximate surface area is 219 Å². The minimum atomic E-state index is -3.32. The summed E-state index contributed by atoms with van der Waals surface area (Å²) in [6, 6.07) is 6.27. The normalized spacial score (nSPS) is 22.0. The molecule has 2 aromatic rings. The lowest BCUT2D eigenvalue weighted by Crippen LogP contribution is -2.31. The van der Waals surface area contributed by atoms with Gasteiger partial charge in [0, 0.05) is 17.2 Å². The first-order valence-corrected chi connectivity index (χ1v) is 15.4. The van der Waals surface area contributed by atoms with Gasteiger partial charge in [-0.25, -0.2) is 13.4 Å². The second-order valence-electron chi connectivity index (χ2n) is 9.36. The van der Waals surface area contributed by atoms with Crippen LogP contribution >= 0.6 is 23.1 Å². The van der Waals surface area contributed by atoms with Crippen LogP contribution in [0.5, 0.6) is 0 Å². The number of thiazole rings is 1. The third-order valence-corrected chi connectivity index (χ3v) is 11.1. The minimum Gasteiger partial charge on any atom is -0.389 e. The van der Waals surface area contributed by atoms with E-state index < -0.39 is 15.7 Å². The lowest BCUT2D eigenvalue weighted by molar-refractivity contribution is -0.110. The van der Waals surface area contributed by atoms with E-state index in [9.17, 15) is 13.2 Å². The van der Waals surface area contributed by atoms with E-state index in [0.29, 0.717) is 48.4 Å². The van der Waals surface area contributed by atoms with Gasteiger partial charge in [-0.2, -0.15) is 0 Å². The maximum Gasteiger partial charge on any atom is 0.280 e. The van der Waals surface area contributed by atoms with Gasteiger partial charge in [0.05, 0.1) is 33.8 Å². The number of likely N-dealkylation sites (tertiary alicyclic amines) is 1. The number of ether oxygens (including phenoxy) is 1. The number of carbonyl (C=O) groups is 1. The van der Waals surface area contributed by atoms with Crippen LogP contribution in [0.1, 0.15) is 37.7 Å². The number of thioether (sulfide) groups is 1. The van der Waals surface area contributed by atoms with E-state index in [1.807, 2.05) is 11.8 Å². The topological polar surface area (TPSA) is 110 Å². The van der Waals surface area contributed by atoms with Gasteiger partial charge >= 0.3 is 0 Å². The van der Waals surface area contributed by atoms with Crippen molar-refractivity contribution in [3.63, 3.8) is 0 Å². The maximum absolute atomic E-state index is 13.2. The summed E-state index contributed by atoms with van der Waals surface area (Å²) in [7, 11) is -1.17. The molecule has 2 aliphatic heterocycles. The summed E-state index contributed by atoms with van der Waals surface area (Å²) in [6.07, 6.45) is 5.92. The van der Waals surface area contributed by atoms with Crippen LogP contribution in [0.25, 0.3) is 0 Å². The predicted octanol–water partition coefficient (Wildman–Crippen LogP) is 3.41.